The number of nitrogens with zero attached hydrogens (tertiary/aromatic N) is 1. The number of hydrogen-bond donors (Lipinski definition) is 2. The first kappa shape index (κ1) is 23.1. The molecule has 7 heteroatoms. The van der Waals surface area contributed by atoms with Crippen LogP contribution in [0.2, 0.25) is 0 Å². The molecule has 2 N–H and O–H groups in total. The molecule has 7 nitrogen and oxygen atoms in total. The van der Waals surface area contributed by atoms with Crippen molar-refractivity contribution in [1.82, 2.24) is 10.2 Å². The van der Waals surface area contributed by atoms with E-state index in [1.54, 1.807) is 4.90 Å². The van der Waals surface area contributed by atoms with Gasteiger partial charge in [0.25, 0.3) is 0 Å². The van der Waals surface area contributed by atoms with Gasteiger partial charge in [-0.15, -0.1) is 0 Å². The molecule has 0 aromatic heterocycles. The van der Waals surface area contributed by atoms with Gasteiger partial charge in [0.2, 0.25) is 17.7 Å². The van der Waals surface area contributed by atoms with E-state index in [2.05, 4.69) is 10.6 Å². The second-order valence-corrected chi connectivity index (χ2v) is 10.4. The Bertz CT molecular complexity index is 1030. The van der Waals surface area contributed by atoms with Gasteiger partial charge in [-0.25, -0.2) is 0 Å². The lowest BCUT2D eigenvalue weighted by Gasteiger charge is -2.34. The van der Waals surface area contributed by atoms with Crippen LogP contribution < -0.4 is 10.6 Å². The van der Waals surface area contributed by atoms with Crippen LogP contribution in [0.15, 0.2) is 30.4 Å². The lowest BCUT2D eigenvalue weighted by atomic mass is 9.74. The fraction of sp³-hybridized carbons (Fsp3) is 0.593. The summed E-state index contributed by atoms with van der Waals surface area (Å²) in [5.74, 6) is -1.90. The number of benzene rings is 1. The number of nitrogens with one attached hydrogen (secondary N) is 2. The number of rotatable bonds is 6. The molecule has 3 heterocycles. The van der Waals surface area contributed by atoms with Crippen LogP contribution in [0.4, 0.5) is 5.69 Å². The molecule has 2 saturated heterocycles. The zero-order valence-corrected chi connectivity index (χ0v) is 20.3. The van der Waals surface area contributed by atoms with Crippen molar-refractivity contribution in [3.05, 3.63) is 41.5 Å². The third-order valence-corrected chi connectivity index (χ3v) is 8.12. The van der Waals surface area contributed by atoms with E-state index in [4.69, 9.17) is 4.74 Å². The highest BCUT2D eigenvalue weighted by molar-refractivity contribution is 6.02. The summed E-state index contributed by atoms with van der Waals surface area (Å²) in [6.07, 6.45) is 9.33. The minimum absolute atomic E-state index is 0.140. The number of fused-ring (bicyclic) bond motifs is 1. The van der Waals surface area contributed by atoms with Crippen LogP contribution >= 0.6 is 0 Å². The van der Waals surface area contributed by atoms with Crippen molar-refractivity contribution in [3.63, 3.8) is 0 Å². The molecule has 1 spiro atoms. The molecular weight excluding hydrogens is 430 g/mol. The molecule has 34 heavy (non-hydrogen) atoms. The normalized spacial score (nSPS) is 32.2. The smallest absolute Gasteiger partial charge is 0.246 e. The molecule has 3 aliphatic heterocycles. The third-order valence-electron chi connectivity index (χ3n) is 8.12. The molecule has 5 atom stereocenters. The number of hydrogen-bond acceptors (Lipinski definition) is 4. The van der Waals surface area contributed by atoms with E-state index in [-0.39, 0.29) is 23.8 Å². The molecule has 3 amide bonds. The van der Waals surface area contributed by atoms with E-state index in [9.17, 15) is 14.4 Å². The van der Waals surface area contributed by atoms with Crippen LogP contribution in [0.5, 0.6) is 0 Å². The Morgan fingerprint density at radius 2 is 1.88 bits per heavy atom. The van der Waals surface area contributed by atoms with Crippen LogP contribution in [0, 0.1) is 25.7 Å². The summed E-state index contributed by atoms with van der Waals surface area (Å²) in [5.41, 5.74) is 1.86. The molecular formula is C27H35N3O4. The zero-order valence-electron chi connectivity index (χ0n) is 20.3. The maximum atomic E-state index is 13.7. The molecule has 182 valence electrons. The Balaban J connectivity index is 1.42. The summed E-state index contributed by atoms with van der Waals surface area (Å²) < 4.78 is 6.37. The topological polar surface area (TPSA) is 87.7 Å². The lowest BCUT2D eigenvalue weighted by molar-refractivity contribution is -0.141. The summed E-state index contributed by atoms with van der Waals surface area (Å²) >= 11 is 0. The van der Waals surface area contributed by atoms with Crippen molar-refractivity contribution in [2.45, 2.75) is 83.1 Å². The van der Waals surface area contributed by atoms with Crippen LogP contribution in [-0.2, 0) is 19.1 Å². The number of ether oxygens (including phenoxy) is 1. The molecule has 3 fully saturated rings. The van der Waals surface area contributed by atoms with Gasteiger partial charge in [-0.3, -0.25) is 14.4 Å². The highest BCUT2D eigenvalue weighted by atomic mass is 16.5. The Morgan fingerprint density at radius 1 is 1.12 bits per heavy atom. The maximum Gasteiger partial charge on any atom is 0.246 e. The molecule has 5 rings (SSSR count). The van der Waals surface area contributed by atoms with Crippen molar-refractivity contribution in [2.75, 3.05) is 11.9 Å². The van der Waals surface area contributed by atoms with Gasteiger partial charge in [0.1, 0.15) is 11.6 Å². The highest BCUT2D eigenvalue weighted by Crippen LogP contribution is 2.55. The van der Waals surface area contributed by atoms with E-state index in [1.165, 1.54) is 6.42 Å². The first-order chi connectivity index (χ1) is 16.4. The van der Waals surface area contributed by atoms with Gasteiger partial charge in [-0.1, -0.05) is 44.4 Å². The first-order valence-electron chi connectivity index (χ1n) is 12.7. The van der Waals surface area contributed by atoms with Gasteiger partial charge < -0.3 is 20.3 Å². The summed E-state index contributed by atoms with van der Waals surface area (Å²) in [6, 6.07) is 5.18. The van der Waals surface area contributed by atoms with Crippen molar-refractivity contribution in [2.24, 2.45) is 11.8 Å². The van der Waals surface area contributed by atoms with Gasteiger partial charge >= 0.3 is 0 Å². The number of anilines is 1. The standard InChI is InChI=1S/C27H35N3O4/c1-4-14-30-23(25(32)28-18-8-6-5-7-9-18)27-13-12-20(34-27)21(22(27)26(30)33)24(31)29-19-11-10-16(2)17(3)15-19/h10-13,15,18,20-23H,4-9,14H2,1-3H3,(H,28,32)(H,29,31)/t20-,21-,22-,23-,27+/m1/s1. The summed E-state index contributed by atoms with van der Waals surface area (Å²) in [7, 11) is 0. The molecule has 1 saturated carbocycles. The monoisotopic (exact) mass is 465 g/mol. The van der Waals surface area contributed by atoms with Gasteiger partial charge in [0.05, 0.1) is 17.9 Å². The van der Waals surface area contributed by atoms with E-state index >= 15 is 0 Å². The Morgan fingerprint density at radius 3 is 2.59 bits per heavy atom. The summed E-state index contributed by atoms with van der Waals surface area (Å²) in [5, 5.41) is 6.21. The minimum atomic E-state index is -1.08. The Kier molecular flexibility index (Phi) is 6.00. The second-order valence-electron chi connectivity index (χ2n) is 10.4. The van der Waals surface area contributed by atoms with E-state index in [0.717, 1.165) is 43.2 Å². The molecule has 0 unspecified atom stereocenters. The summed E-state index contributed by atoms with van der Waals surface area (Å²) in [6.45, 7) is 6.49. The molecule has 4 aliphatic rings. The SMILES string of the molecule is CCCN1C(=O)[C@H]2[C@H](C(=O)Nc3ccc(C)c(C)c3)[C@H]3C=C[C@@]2(O3)[C@H]1C(=O)NC1CCCCC1. The molecule has 0 radical (unpaired) electrons. The largest absolute Gasteiger partial charge is 0.359 e. The first-order valence-corrected chi connectivity index (χ1v) is 12.7. The fourth-order valence-electron chi connectivity index (χ4n) is 6.32. The molecule has 1 aromatic rings. The average molecular weight is 466 g/mol. The quantitative estimate of drug-likeness (QED) is 0.632. The van der Waals surface area contributed by atoms with Crippen LogP contribution in [0.1, 0.15) is 56.6 Å². The number of aryl methyl sites for hydroxylation is 2. The van der Waals surface area contributed by atoms with E-state index < -0.39 is 29.6 Å². The average Bonchev–Trinajstić information content (AvgIpc) is 3.45. The minimum Gasteiger partial charge on any atom is -0.359 e. The highest BCUT2D eigenvalue weighted by Gasteiger charge is 2.72. The number of likely N-dealkylation sites (tertiary alicyclic amines) is 1. The number of carbonyl (C=O) groups excluding carboxylic acids is 3. The van der Waals surface area contributed by atoms with Crippen molar-refractivity contribution >= 4 is 23.4 Å². The van der Waals surface area contributed by atoms with Gasteiger partial charge in [-0.05, 0) is 56.4 Å². The van der Waals surface area contributed by atoms with Gasteiger partial charge in [-0.2, -0.15) is 0 Å². The maximum absolute atomic E-state index is 13.7. The van der Waals surface area contributed by atoms with Gasteiger partial charge in [0.15, 0.2) is 0 Å². The lowest BCUT2D eigenvalue weighted by Crippen LogP contribution is -2.56. The Labute approximate surface area is 201 Å². The van der Waals surface area contributed by atoms with Crippen LogP contribution in [-0.4, -0.2) is 53.0 Å². The third kappa shape index (κ3) is 3.65. The predicted molar refractivity (Wildman–Crippen MR) is 129 cm³/mol. The molecule has 2 bridgehead atoms. The van der Waals surface area contributed by atoms with Gasteiger partial charge in [0, 0.05) is 18.3 Å². The zero-order chi connectivity index (χ0) is 24.0. The number of carbonyl (C=O) groups is 3. The second kappa shape index (κ2) is 8.84. The van der Waals surface area contributed by atoms with E-state index in [0.29, 0.717) is 12.2 Å². The molecule has 1 aliphatic carbocycles. The fourth-order valence-corrected chi connectivity index (χ4v) is 6.32. The van der Waals surface area contributed by atoms with Crippen molar-refractivity contribution in [3.8, 4) is 0 Å². The van der Waals surface area contributed by atoms with Crippen LogP contribution in [0.25, 0.3) is 0 Å². The molecule has 1 aromatic carbocycles. The Hall–Kier alpha value is -2.67. The van der Waals surface area contributed by atoms with Crippen molar-refractivity contribution < 1.29 is 19.1 Å². The predicted octanol–water partition coefficient (Wildman–Crippen LogP) is 3.25. The number of amides is 3. The van der Waals surface area contributed by atoms with Crippen molar-refractivity contribution in [1.29, 1.82) is 0 Å². The van der Waals surface area contributed by atoms with Crippen LogP contribution in [0.3, 0.4) is 0 Å². The van der Waals surface area contributed by atoms with E-state index in [1.807, 2.05) is 51.1 Å². The summed E-state index contributed by atoms with van der Waals surface area (Å²) in [4.78, 5) is 42.4.